The quantitative estimate of drug-likeness (QED) is 0.819. The number of rotatable bonds is 1. The lowest BCUT2D eigenvalue weighted by Gasteiger charge is -2.33. The summed E-state index contributed by atoms with van der Waals surface area (Å²) in [7, 11) is 1.88. The summed E-state index contributed by atoms with van der Waals surface area (Å²) in [6.07, 6.45) is 5.25. The predicted molar refractivity (Wildman–Crippen MR) is 73.0 cm³/mol. The Morgan fingerprint density at radius 2 is 2.11 bits per heavy atom. The molecule has 0 aromatic carbocycles. The average molecular weight is 262 g/mol. The maximum absolute atomic E-state index is 12.6. The van der Waals surface area contributed by atoms with Gasteiger partial charge < -0.3 is 10.2 Å². The van der Waals surface area contributed by atoms with Gasteiger partial charge in [-0.2, -0.15) is 5.10 Å². The molecule has 3 rings (SSSR count). The van der Waals surface area contributed by atoms with Crippen molar-refractivity contribution in [2.45, 2.75) is 26.2 Å². The van der Waals surface area contributed by atoms with Gasteiger partial charge in [0.25, 0.3) is 5.91 Å². The monoisotopic (exact) mass is 262 g/mol. The molecule has 104 valence electrons. The van der Waals surface area contributed by atoms with Crippen LogP contribution in [0.15, 0.2) is 6.20 Å². The highest BCUT2D eigenvalue weighted by atomic mass is 16.2. The number of hydrogen-bond donors (Lipinski definition) is 1. The second-order valence-corrected chi connectivity index (χ2v) is 5.99. The number of amides is 1. The molecule has 1 spiro atoms. The Morgan fingerprint density at radius 1 is 1.37 bits per heavy atom. The minimum Gasteiger partial charge on any atom is -0.338 e. The van der Waals surface area contributed by atoms with Gasteiger partial charge in [-0.15, -0.1) is 0 Å². The van der Waals surface area contributed by atoms with E-state index >= 15 is 0 Å². The first kappa shape index (κ1) is 12.7. The Balaban J connectivity index is 1.74. The van der Waals surface area contributed by atoms with Crippen LogP contribution >= 0.6 is 0 Å². The van der Waals surface area contributed by atoms with Crippen LogP contribution < -0.4 is 5.32 Å². The number of aryl methyl sites for hydroxylation is 1. The number of likely N-dealkylation sites (tertiary alicyclic amines) is 1. The van der Waals surface area contributed by atoms with E-state index in [2.05, 4.69) is 10.4 Å². The molecule has 0 aliphatic carbocycles. The highest BCUT2D eigenvalue weighted by Gasteiger charge is 2.41. The van der Waals surface area contributed by atoms with E-state index in [9.17, 15) is 4.79 Å². The Kier molecular flexibility index (Phi) is 3.09. The molecule has 1 aromatic rings. The van der Waals surface area contributed by atoms with E-state index in [1.807, 2.05) is 18.9 Å². The van der Waals surface area contributed by atoms with Crippen LogP contribution in [0.2, 0.25) is 0 Å². The fraction of sp³-hybridized carbons (Fsp3) is 0.714. The molecule has 3 heterocycles. The fourth-order valence-corrected chi connectivity index (χ4v) is 3.35. The van der Waals surface area contributed by atoms with Crippen molar-refractivity contribution in [3.8, 4) is 0 Å². The van der Waals surface area contributed by atoms with Crippen molar-refractivity contribution in [2.75, 3.05) is 26.2 Å². The van der Waals surface area contributed by atoms with Crippen molar-refractivity contribution in [1.29, 1.82) is 0 Å². The third-order valence-corrected chi connectivity index (χ3v) is 4.86. The van der Waals surface area contributed by atoms with Gasteiger partial charge in [0.1, 0.15) is 0 Å². The summed E-state index contributed by atoms with van der Waals surface area (Å²) in [6, 6.07) is 0. The molecule has 1 N–H and O–H groups in total. The highest BCUT2D eigenvalue weighted by molar-refractivity contribution is 5.95. The van der Waals surface area contributed by atoms with Gasteiger partial charge in [0.2, 0.25) is 0 Å². The molecule has 0 atom stereocenters. The Labute approximate surface area is 114 Å². The van der Waals surface area contributed by atoms with Gasteiger partial charge in [-0.3, -0.25) is 9.48 Å². The van der Waals surface area contributed by atoms with E-state index in [0.29, 0.717) is 5.41 Å². The summed E-state index contributed by atoms with van der Waals surface area (Å²) < 4.78 is 1.77. The first-order valence-electron chi connectivity index (χ1n) is 7.10. The molecule has 2 fully saturated rings. The number of piperidine rings is 1. The van der Waals surface area contributed by atoms with Crippen LogP contribution in [0.25, 0.3) is 0 Å². The molecule has 0 saturated carbocycles. The van der Waals surface area contributed by atoms with Crippen molar-refractivity contribution in [2.24, 2.45) is 12.5 Å². The van der Waals surface area contributed by atoms with Crippen molar-refractivity contribution < 1.29 is 4.79 Å². The van der Waals surface area contributed by atoms with Gasteiger partial charge in [0.15, 0.2) is 0 Å². The summed E-state index contributed by atoms with van der Waals surface area (Å²) in [6.45, 7) is 5.95. The number of hydrogen-bond acceptors (Lipinski definition) is 3. The predicted octanol–water partition coefficient (Wildman–Crippen LogP) is 0.944. The largest absolute Gasteiger partial charge is 0.338 e. The van der Waals surface area contributed by atoms with Gasteiger partial charge in [0.05, 0.1) is 11.8 Å². The van der Waals surface area contributed by atoms with E-state index in [1.54, 1.807) is 10.9 Å². The lowest BCUT2D eigenvalue weighted by atomic mass is 9.78. The average Bonchev–Trinajstić information content (AvgIpc) is 2.96. The fourth-order valence-electron chi connectivity index (χ4n) is 3.35. The van der Waals surface area contributed by atoms with Gasteiger partial charge in [-0.05, 0) is 44.7 Å². The zero-order valence-electron chi connectivity index (χ0n) is 11.8. The van der Waals surface area contributed by atoms with Crippen molar-refractivity contribution >= 4 is 5.91 Å². The minimum absolute atomic E-state index is 0.154. The van der Waals surface area contributed by atoms with Gasteiger partial charge in [-0.1, -0.05) is 0 Å². The topological polar surface area (TPSA) is 50.2 Å². The molecule has 2 aliphatic rings. The molecule has 5 heteroatoms. The zero-order valence-corrected chi connectivity index (χ0v) is 11.8. The van der Waals surface area contributed by atoms with Crippen LogP contribution in [0.1, 0.15) is 35.3 Å². The number of carbonyl (C=O) groups excluding carboxylic acids is 1. The molecule has 2 aliphatic heterocycles. The van der Waals surface area contributed by atoms with Crippen LogP contribution in [-0.2, 0) is 7.05 Å². The summed E-state index contributed by atoms with van der Waals surface area (Å²) in [5, 5.41) is 7.58. The SMILES string of the molecule is Cc1c(C(=O)N2CCC3(CCNCC3)C2)cnn1C. The molecule has 2 saturated heterocycles. The molecule has 19 heavy (non-hydrogen) atoms. The van der Waals surface area contributed by atoms with Crippen LogP contribution in [0.3, 0.4) is 0 Å². The van der Waals surface area contributed by atoms with E-state index < -0.39 is 0 Å². The first-order chi connectivity index (χ1) is 9.11. The summed E-state index contributed by atoms with van der Waals surface area (Å²) >= 11 is 0. The zero-order chi connectivity index (χ0) is 13.5. The van der Waals surface area contributed by atoms with Gasteiger partial charge >= 0.3 is 0 Å². The smallest absolute Gasteiger partial charge is 0.257 e. The summed E-state index contributed by atoms with van der Waals surface area (Å²) in [5.74, 6) is 0.154. The molecule has 1 aromatic heterocycles. The van der Waals surface area contributed by atoms with Gasteiger partial charge in [-0.25, -0.2) is 0 Å². The van der Waals surface area contributed by atoms with Crippen LogP contribution in [-0.4, -0.2) is 46.8 Å². The number of nitrogens with one attached hydrogen (secondary N) is 1. The van der Waals surface area contributed by atoms with Crippen LogP contribution in [0.4, 0.5) is 0 Å². The molecule has 1 amide bonds. The number of nitrogens with zero attached hydrogens (tertiary/aromatic N) is 3. The van der Waals surface area contributed by atoms with Crippen molar-refractivity contribution in [1.82, 2.24) is 20.0 Å². The van der Waals surface area contributed by atoms with E-state index in [0.717, 1.165) is 43.9 Å². The molecule has 0 bridgehead atoms. The number of carbonyl (C=O) groups is 1. The standard InChI is InChI=1S/C14H22N4O/c1-11-12(9-16-17(11)2)13(19)18-8-5-14(10-18)3-6-15-7-4-14/h9,15H,3-8,10H2,1-2H3. The lowest BCUT2D eigenvalue weighted by Crippen LogP contribution is -2.39. The minimum atomic E-state index is 0.154. The first-order valence-corrected chi connectivity index (χ1v) is 7.10. The third kappa shape index (κ3) is 2.16. The van der Waals surface area contributed by atoms with Crippen LogP contribution in [0.5, 0.6) is 0 Å². The summed E-state index contributed by atoms with van der Waals surface area (Å²) in [4.78, 5) is 14.6. The number of aromatic nitrogens is 2. The molecular formula is C14H22N4O. The van der Waals surface area contributed by atoms with E-state index in [1.165, 1.54) is 12.8 Å². The third-order valence-electron chi connectivity index (χ3n) is 4.86. The van der Waals surface area contributed by atoms with Gasteiger partial charge in [0, 0.05) is 25.8 Å². The second kappa shape index (κ2) is 4.63. The molecule has 0 radical (unpaired) electrons. The van der Waals surface area contributed by atoms with Crippen molar-refractivity contribution in [3.63, 3.8) is 0 Å². The Hall–Kier alpha value is -1.36. The van der Waals surface area contributed by atoms with E-state index in [-0.39, 0.29) is 5.91 Å². The molecule has 5 nitrogen and oxygen atoms in total. The normalized spacial score (nSPS) is 22.1. The molecule has 0 unspecified atom stereocenters. The second-order valence-electron chi connectivity index (χ2n) is 5.99. The summed E-state index contributed by atoms with van der Waals surface area (Å²) in [5.41, 5.74) is 2.08. The molecular weight excluding hydrogens is 240 g/mol. The Bertz CT molecular complexity index is 488. The van der Waals surface area contributed by atoms with Crippen molar-refractivity contribution in [3.05, 3.63) is 17.5 Å². The maximum atomic E-state index is 12.6. The Morgan fingerprint density at radius 3 is 2.74 bits per heavy atom. The maximum Gasteiger partial charge on any atom is 0.257 e. The van der Waals surface area contributed by atoms with Crippen LogP contribution in [0, 0.1) is 12.3 Å². The highest BCUT2D eigenvalue weighted by Crippen LogP contribution is 2.39. The lowest BCUT2D eigenvalue weighted by molar-refractivity contribution is 0.0761. The van der Waals surface area contributed by atoms with E-state index in [4.69, 9.17) is 0 Å².